The van der Waals surface area contributed by atoms with Gasteiger partial charge < -0.3 is 10.2 Å². The summed E-state index contributed by atoms with van der Waals surface area (Å²) in [5, 5.41) is 2.20. The third kappa shape index (κ3) is 3.25. The average Bonchev–Trinajstić information content (AvgIpc) is 2.35. The van der Waals surface area contributed by atoms with Crippen molar-refractivity contribution in [1.29, 1.82) is 0 Å². The molecule has 0 bridgehead atoms. The summed E-state index contributed by atoms with van der Waals surface area (Å²) >= 11 is 0. The van der Waals surface area contributed by atoms with Gasteiger partial charge in [0.25, 0.3) is 0 Å². The highest BCUT2D eigenvalue weighted by Crippen LogP contribution is 2.53. The van der Waals surface area contributed by atoms with Gasteiger partial charge in [0, 0.05) is 25.3 Å². The van der Waals surface area contributed by atoms with Crippen LogP contribution in [0.4, 0.5) is 41.2 Å². The van der Waals surface area contributed by atoms with E-state index in [9.17, 15) is 35.5 Å². The number of nitrogens with one attached hydrogen (secondary N) is 1. The molecular formula is C12H11F7N2O. The van der Waals surface area contributed by atoms with Crippen LogP contribution in [0.3, 0.4) is 0 Å². The molecule has 0 radical (unpaired) electrons. The predicted molar refractivity (Wildman–Crippen MR) is 64.0 cm³/mol. The maximum absolute atomic E-state index is 13.7. The topological polar surface area (TPSA) is 32.3 Å². The molecule has 1 rings (SSSR count). The van der Waals surface area contributed by atoms with E-state index in [1.54, 1.807) is 0 Å². The number of carbonyl (C=O) groups excluding carboxylic acids is 1. The molecule has 0 saturated carbocycles. The first-order chi connectivity index (χ1) is 9.80. The molecule has 0 unspecified atom stereocenters. The molecular weight excluding hydrogens is 321 g/mol. The summed E-state index contributed by atoms with van der Waals surface area (Å²) in [5.74, 6) is 0. The maximum Gasteiger partial charge on any atom is 0.435 e. The summed E-state index contributed by atoms with van der Waals surface area (Å²) in [7, 11) is 2.76. The van der Waals surface area contributed by atoms with Gasteiger partial charge in [0.05, 0.1) is 0 Å². The molecule has 10 heteroatoms. The molecule has 1 aromatic carbocycles. The van der Waals surface area contributed by atoms with Gasteiger partial charge in [-0.25, -0.2) is 9.18 Å². The Bertz CT molecular complexity index is 520. The molecule has 1 aromatic rings. The van der Waals surface area contributed by atoms with Crippen LogP contribution in [0.2, 0.25) is 0 Å². The van der Waals surface area contributed by atoms with Crippen LogP contribution in [-0.2, 0) is 5.67 Å². The average molecular weight is 332 g/mol. The van der Waals surface area contributed by atoms with E-state index >= 15 is 0 Å². The van der Waals surface area contributed by atoms with E-state index in [1.807, 2.05) is 0 Å². The second-order valence-corrected chi connectivity index (χ2v) is 4.56. The van der Waals surface area contributed by atoms with Gasteiger partial charge >= 0.3 is 24.1 Å². The van der Waals surface area contributed by atoms with Gasteiger partial charge in [-0.15, -0.1) is 0 Å². The van der Waals surface area contributed by atoms with Crippen LogP contribution in [0.25, 0.3) is 0 Å². The number of rotatable bonds is 2. The number of alkyl halides is 7. The summed E-state index contributed by atoms with van der Waals surface area (Å²) in [6.07, 6.45) is -12.3. The summed E-state index contributed by atoms with van der Waals surface area (Å²) < 4.78 is 88.9. The SMILES string of the molecule is CN(C)C(=O)Nc1ccc(C(F)(C(F)(F)F)C(F)(F)F)cc1. The van der Waals surface area contributed by atoms with Crippen molar-refractivity contribution in [2.24, 2.45) is 0 Å². The Morgan fingerprint density at radius 2 is 1.32 bits per heavy atom. The molecule has 0 fully saturated rings. The van der Waals surface area contributed by atoms with Gasteiger partial charge in [0.2, 0.25) is 0 Å². The number of hydrogen-bond donors (Lipinski definition) is 1. The second kappa shape index (κ2) is 5.65. The van der Waals surface area contributed by atoms with Crippen LogP contribution in [0.1, 0.15) is 5.56 Å². The summed E-state index contributed by atoms with van der Waals surface area (Å²) in [5.41, 5.74) is -7.17. The number of hydrogen-bond acceptors (Lipinski definition) is 1. The fourth-order valence-corrected chi connectivity index (χ4v) is 1.51. The minimum absolute atomic E-state index is 0.0749. The Hall–Kier alpha value is -2.00. The van der Waals surface area contributed by atoms with Crippen molar-refractivity contribution < 1.29 is 35.5 Å². The number of amides is 2. The first-order valence-corrected chi connectivity index (χ1v) is 5.72. The maximum atomic E-state index is 13.7. The standard InChI is InChI=1S/C12H11F7N2O/c1-21(2)9(22)20-8-5-3-7(4-6-8)10(13,11(14,15)16)12(17,18)19/h3-6H,1-2H3,(H,20,22). The lowest BCUT2D eigenvalue weighted by Gasteiger charge is -2.30. The van der Waals surface area contributed by atoms with Crippen molar-refractivity contribution in [2.75, 3.05) is 19.4 Å². The normalized spacial score (nSPS) is 13.0. The van der Waals surface area contributed by atoms with Crippen LogP contribution < -0.4 is 5.32 Å². The molecule has 1 N–H and O–H groups in total. The Kier molecular flexibility index (Phi) is 4.64. The van der Waals surface area contributed by atoms with E-state index in [2.05, 4.69) is 5.32 Å². The number of carbonyl (C=O) groups is 1. The van der Waals surface area contributed by atoms with Crippen molar-refractivity contribution in [1.82, 2.24) is 4.90 Å². The smallest absolute Gasteiger partial charge is 0.331 e. The Morgan fingerprint density at radius 1 is 0.909 bits per heavy atom. The zero-order valence-corrected chi connectivity index (χ0v) is 11.3. The molecule has 0 spiro atoms. The predicted octanol–water partition coefficient (Wildman–Crippen LogP) is 4.07. The number of benzene rings is 1. The monoisotopic (exact) mass is 332 g/mol. The quantitative estimate of drug-likeness (QED) is 0.814. The second-order valence-electron chi connectivity index (χ2n) is 4.56. The van der Waals surface area contributed by atoms with Gasteiger partial charge in [0.1, 0.15) is 0 Å². The first-order valence-electron chi connectivity index (χ1n) is 5.72. The highest BCUT2D eigenvalue weighted by molar-refractivity contribution is 5.88. The highest BCUT2D eigenvalue weighted by atomic mass is 19.4. The lowest BCUT2D eigenvalue weighted by molar-refractivity contribution is -0.348. The summed E-state index contributed by atoms with van der Waals surface area (Å²) in [6, 6.07) is 1.51. The van der Waals surface area contributed by atoms with Gasteiger partial charge in [-0.05, 0) is 12.1 Å². The number of urea groups is 1. The van der Waals surface area contributed by atoms with Gasteiger partial charge in [-0.1, -0.05) is 12.1 Å². The molecule has 0 aromatic heterocycles. The molecule has 0 saturated heterocycles. The fourth-order valence-electron chi connectivity index (χ4n) is 1.51. The van der Waals surface area contributed by atoms with E-state index in [-0.39, 0.29) is 5.69 Å². The number of anilines is 1. The van der Waals surface area contributed by atoms with Crippen molar-refractivity contribution in [3.05, 3.63) is 29.8 Å². The molecule has 3 nitrogen and oxygen atoms in total. The zero-order chi connectivity index (χ0) is 17.3. The molecule has 124 valence electrons. The van der Waals surface area contributed by atoms with Crippen molar-refractivity contribution in [2.45, 2.75) is 18.0 Å². The molecule has 2 amide bonds. The largest absolute Gasteiger partial charge is 0.435 e. The molecule has 0 aliphatic carbocycles. The molecule has 22 heavy (non-hydrogen) atoms. The minimum atomic E-state index is -6.17. The molecule has 0 aliphatic rings. The van der Waals surface area contributed by atoms with Crippen LogP contribution >= 0.6 is 0 Å². The molecule has 0 aliphatic heterocycles. The van der Waals surface area contributed by atoms with E-state index < -0.39 is 29.6 Å². The zero-order valence-electron chi connectivity index (χ0n) is 11.3. The lowest BCUT2D eigenvalue weighted by Crippen LogP contribution is -2.50. The Morgan fingerprint density at radius 3 is 1.64 bits per heavy atom. The molecule has 0 atom stereocenters. The van der Waals surface area contributed by atoms with Crippen LogP contribution in [0.15, 0.2) is 24.3 Å². The number of halogens is 7. The van der Waals surface area contributed by atoms with Gasteiger partial charge in [0.15, 0.2) is 0 Å². The van der Waals surface area contributed by atoms with Crippen molar-refractivity contribution in [3.63, 3.8) is 0 Å². The van der Waals surface area contributed by atoms with E-state index in [1.165, 1.54) is 14.1 Å². The minimum Gasteiger partial charge on any atom is -0.331 e. The van der Waals surface area contributed by atoms with Crippen molar-refractivity contribution >= 4 is 11.7 Å². The van der Waals surface area contributed by atoms with Crippen LogP contribution in [0, 0.1) is 0 Å². The van der Waals surface area contributed by atoms with Crippen LogP contribution in [-0.4, -0.2) is 37.4 Å². The highest BCUT2D eigenvalue weighted by Gasteiger charge is 2.73. The fraction of sp³-hybridized carbons (Fsp3) is 0.417. The van der Waals surface area contributed by atoms with Crippen molar-refractivity contribution in [3.8, 4) is 0 Å². The van der Waals surface area contributed by atoms with E-state index in [0.717, 1.165) is 17.0 Å². The van der Waals surface area contributed by atoms with E-state index in [0.29, 0.717) is 12.1 Å². The third-order valence-electron chi connectivity index (χ3n) is 2.72. The Labute approximate surface area is 120 Å². The Balaban J connectivity index is 3.18. The molecule has 0 heterocycles. The summed E-state index contributed by atoms with van der Waals surface area (Å²) in [6.45, 7) is 0. The van der Waals surface area contributed by atoms with E-state index in [4.69, 9.17) is 0 Å². The number of nitrogens with zero attached hydrogens (tertiary/aromatic N) is 1. The van der Waals surface area contributed by atoms with Crippen LogP contribution in [0.5, 0.6) is 0 Å². The van der Waals surface area contributed by atoms with Gasteiger partial charge in [-0.2, -0.15) is 26.3 Å². The third-order valence-corrected chi connectivity index (χ3v) is 2.72. The summed E-state index contributed by atoms with van der Waals surface area (Å²) in [4.78, 5) is 12.4. The lowest BCUT2D eigenvalue weighted by atomic mass is 9.94. The first kappa shape index (κ1) is 18.1. The van der Waals surface area contributed by atoms with Gasteiger partial charge in [-0.3, -0.25) is 0 Å².